The predicted octanol–water partition coefficient (Wildman–Crippen LogP) is 6.83. The summed E-state index contributed by atoms with van der Waals surface area (Å²) in [7, 11) is -4.24. The average Bonchev–Trinajstić information content (AvgIpc) is 3.38. The molecule has 0 spiro atoms. The highest BCUT2D eigenvalue weighted by atomic mass is 35.5. The van der Waals surface area contributed by atoms with Gasteiger partial charge in [0.15, 0.2) is 0 Å². The molecule has 0 bridgehead atoms. The second-order valence-electron chi connectivity index (χ2n) is 8.94. The molecule has 1 unspecified atom stereocenters. The van der Waals surface area contributed by atoms with E-state index in [0.29, 0.717) is 17.4 Å². The van der Waals surface area contributed by atoms with Crippen LogP contribution < -0.4 is 9.04 Å². The standard InChI is InChI=1S/C22H27Cl3N4O4S3Si/c1-32-21-20(27-12-18(28-21)35-13-16(24)22-26-8-10-34-22)29(14-33-9-11-37(2,3)4)36(30,31)17-7-5-6-15(23)19(17)25/h5-8,10,12,16H,9,11,13-14H2,1-4H3. The van der Waals surface area contributed by atoms with Gasteiger partial charge in [-0.15, -0.1) is 34.7 Å². The fourth-order valence-electron chi connectivity index (χ4n) is 2.92. The summed E-state index contributed by atoms with van der Waals surface area (Å²) >= 11 is 21.7. The maximum Gasteiger partial charge on any atom is 0.269 e. The summed E-state index contributed by atoms with van der Waals surface area (Å²) in [5.41, 5.74) is 0. The first-order chi connectivity index (χ1) is 17.4. The van der Waals surface area contributed by atoms with Gasteiger partial charge in [-0.05, 0) is 18.2 Å². The van der Waals surface area contributed by atoms with Crippen LogP contribution in [0.15, 0.2) is 45.9 Å². The number of methoxy groups -OCH3 is 1. The molecule has 2 aromatic heterocycles. The molecule has 0 radical (unpaired) electrons. The zero-order chi connectivity index (χ0) is 27.2. The number of halogens is 3. The Balaban J connectivity index is 1.91. The third-order valence-electron chi connectivity index (χ3n) is 4.92. The van der Waals surface area contributed by atoms with Gasteiger partial charge in [-0.1, -0.05) is 48.9 Å². The Bertz CT molecular complexity index is 1290. The SMILES string of the molecule is COc1nc(SCC(Cl)c2nccs2)cnc1N(COCC[Si](C)(C)C)S(=O)(=O)c1cccc(Cl)c1Cl. The Morgan fingerprint density at radius 1 is 1.22 bits per heavy atom. The molecule has 0 aliphatic heterocycles. The van der Waals surface area contributed by atoms with E-state index in [0.717, 1.165) is 15.4 Å². The van der Waals surface area contributed by atoms with Crippen molar-refractivity contribution in [2.24, 2.45) is 0 Å². The number of rotatable bonds is 13. The van der Waals surface area contributed by atoms with Crippen molar-refractivity contribution in [2.75, 3.05) is 30.5 Å². The summed E-state index contributed by atoms with van der Waals surface area (Å²) in [5.74, 6) is 0.478. The summed E-state index contributed by atoms with van der Waals surface area (Å²) in [5, 5.41) is 2.89. The van der Waals surface area contributed by atoms with E-state index in [1.807, 2.05) is 5.38 Å². The Kier molecular flexibility index (Phi) is 10.9. The largest absolute Gasteiger partial charge is 0.478 e. The monoisotopic (exact) mass is 640 g/mol. The van der Waals surface area contributed by atoms with E-state index >= 15 is 0 Å². The van der Waals surface area contributed by atoms with Crippen LogP contribution in [0.4, 0.5) is 5.82 Å². The highest BCUT2D eigenvalue weighted by Crippen LogP contribution is 2.36. The molecule has 1 aromatic carbocycles. The number of hydrogen-bond acceptors (Lipinski definition) is 9. The van der Waals surface area contributed by atoms with Crippen LogP contribution in [0.25, 0.3) is 0 Å². The van der Waals surface area contributed by atoms with Crippen LogP contribution in [0.3, 0.4) is 0 Å². The van der Waals surface area contributed by atoms with Crippen molar-refractivity contribution in [3.8, 4) is 5.88 Å². The van der Waals surface area contributed by atoms with E-state index in [9.17, 15) is 8.42 Å². The van der Waals surface area contributed by atoms with Crippen LogP contribution in [-0.2, 0) is 14.8 Å². The molecule has 0 N–H and O–H groups in total. The summed E-state index contributed by atoms with van der Waals surface area (Å²) in [6.45, 7) is 6.72. The lowest BCUT2D eigenvalue weighted by Crippen LogP contribution is -2.35. The molecule has 1 atom stereocenters. The van der Waals surface area contributed by atoms with Crippen molar-refractivity contribution in [3.05, 3.63) is 51.0 Å². The number of anilines is 1. The molecule has 15 heteroatoms. The van der Waals surface area contributed by atoms with Crippen LogP contribution in [0.5, 0.6) is 5.88 Å². The number of nitrogens with zero attached hydrogens (tertiary/aromatic N) is 4. The molecule has 0 fully saturated rings. The smallest absolute Gasteiger partial charge is 0.269 e. The fraction of sp³-hybridized carbons (Fsp3) is 0.409. The summed E-state index contributed by atoms with van der Waals surface area (Å²) in [6.07, 6.45) is 3.17. The molecule has 0 saturated carbocycles. The molecule has 0 aliphatic carbocycles. The number of aromatic nitrogens is 3. The van der Waals surface area contributed by atoms with E-state index in [4.69, 9.17) is 44.3 Å². The van der Waals surface area contributed by atoms with Gasteiger partial charge in [-0.2, -0.15) is 0 Å². The lowest BCUT2D eigenvalue weighted by Gasteiger charge is -2.25. The Morgan fingerprint density at radius 3 is 2.62 bits per heavy atom. The summed E-state index contributed by atoms with van der Waals surface area (Å²) < 4.78 is 39.8. The second kappa shape index (κ2) is 13.3. The number of benzene rings is 1. The first kappa shape index (κ1) is 30.4. The third kappa shape index (κ3) is 8.18. The van der Waals surface area contributed by atoms with Crippen molar-refractivity contribution in [1.29, 1.82) is 0 Å². The lowest BCUT2D eigenvalue weighted by atomic mass is 10.4. The Morgan fingerprint density at radius 2 is 1.97 bits per heavy atom. The molecular weight excluding hydrogens is 615 g/mol. The molecular formula is C22H27Cl3N4O4S3Si. The number of hydrogen-bond donors (Lipinski definition) is 0. The van der Waals surface area contributed by atoms with Crippen LogP contribution in [-0.4, -0.2) is 57.6 Å². The van der Waals surface area contributed by atoms with Crippen molar-refractivity contribution >= 4 is 81.8 Å². The van der Waals surface area contributed by atoms with Crippen LogP contribution >= 0.6 is 57.9 Å². The molecule has 8 nitrogen and oxygen atoms in total. The minimum absolute atomic E-state index is 0.0147. The number of thioether (sulfide) groups is 1. The maximum atomic E-state index is 13.8. The molecule has 37 heavy (non-hydrogen) atoms. The van der Waals surface area contributed by atoms with Gasteiger partial charge in [0.25, 0.3) is 15.9 Å². The zero-order valence-electron chi connectivity index (χ0n) is 20.7. The molecule has 0 aliphatic rings. The number of sulfonamides is 1. The van der Waals surface area contributed by atoms with Crippen molar-refractivity contribution in [1.82, 2.24) is 15.0 Å². The van der Waals surface area contributed by atoms with Gasteiger partial charge < -0.3 is 9.47 Å². The number of thiazole rings is 1. The second-order valence-corrected chi connectivity index (χ2v) is 19.7. The minimum atomic E-state index is -4.24. The van der Waals surface area contributed by atoms with E-state index in [1.165, 1.54) is 54.6 Å². The van der Waals surface area contributed by atoms with Crippen molar-refractivity contribution < 1.29 is 17.9 Å². The van der Waals surface area contributed by atoms with Gasteiger partial charge >= 0.3 is 0 Å². The van der Waals surface area contributed by atoms with E-state index in [-0.39, 0.29) is 38.7 Å². The van der Waals surface area contributed by atoms with E-state index in [2.05, 4.69) is 34.6 Å². The molecule has 202 valence electrons. The molecule has 3 rings (SSSR count). The summed E-state index contributed by atoms with van der Waals surface area (Å²) in [4.78, 5) is 12.9. The average molecular weight is 642 g/mol. The van der Waals surface area contributed by atoms with Gasteiger partial charge in [0, 0.05) is 32.0 Å². The first-order valence-corrected chi connectivity index (χ1v) is 19.3. The van der Waals surface area contributed by atoms with Gasteiger partial charge in [0.1, 0.15) is 21.7 Å². The van der Waals surface area contributed by atoms with Crippen LogP contribution in [0.2, 0.25) is 35.7 Å². The van der Waals surface area contributed by atoms with E-state index in [1.54, 1.807) is 6.20 Å². The molecule has 0 amide bonds. The summed E-state index contributed by atoms with van der Waals surface area (Å²) in [6, 6.07) is 5.26. The fourth-order valence-corrected chi connectivity index (χ4v) is 7.58. The van der Waals surface area contributed by atoms with Gasteiger partial charge in [-0.25, -0.2) is 27.7 Å². The molecule has 3 aromatic rings. The Hall–Kier alpha value is -1.12. The van der Waals surface area contributed by atoms with Gasteiger partial charge in [0.05, 0.1) is 28.7 Å². The lowest BCUT2D eigenvalue weighted by molar-refractivity contribution is 0.155. The Labute approximate surface area is 241 Å². The maximum absolute atomic E-state index is 13.8. The zero-order valence-corrected chi connectivity index (χ0v) is 26.4. The van der Waals surface area contributed by atoms with Crippen molar-refractivity contribution in [2.45, 2.75) is 41.0 Å². The third-order valence-corrected chi connectivity index (χ3v) is 11.9. The predicted molar refractivity (Wildman–Crippen MR) is 155 cm³/mol. The quantitative estimate of drug-likeness (QED) is 0.0659. The van der Waals surface area contributed by atoms with E-state index < -0.39 is 18.1 Å². The highest BCUT2D eigenvalue weighted by molar-refractivity contribution is 7.99. The first-order valence-electron chi connectivity index (χ1n) is 11.1. The molecule has 2 heterocycles. The normalized spacial score (nSPS) is 12.9. The topological polar surface area (TPSA) is 94.5 Å². The number of alkyl halides is 1. The molecule has 0 saturated heterocycles. The van der Waals surface area contributed by atoms with Gasteiger partial charge in [-0.3, -0.25) is 0 Å². The van der Waals surface area contributed by atoms with Gasteiger partial charge in [0.2, 0.25) is 5.82 Å². The van der Waals surface area contributed by atoms with Crippen LogP contribution in [0.1, 0.15) is 10.4 Å². The highest BCUT2D eigenvalue weighted by Gasteiger charge is 2.32. The minimum Gasteiger partial charge on any atom is -0.478 e. The van der Waals surface area contributed by atoms with Crippen molar-refractivity contribution in [3.63, 3.8) is 0 Å². The van der Waals surface area contributed by atoms with Crippen LogP contribution in [0, 0.1) is 0 Å². The number of ether oxygens (including phenoxy) is 2.